The Bertz CT molecular complexity index is 372. The number of esters is 1. The molecule has 0 aromatic carbocycles. The second-order valence-corrected chi connectivity index (χ2v) is 6.69. The van der Waals surface area contributed by atoms with Crippen LogP contribution in [0, 0.1) is 11.3 Å². The first kappa shape index (κ1) is 16.3. The molecule has 1 atom stereocenters. The number of rotatable bonds is 6. The maximum Gasteiger partial charge on any atom is 0.305 e. The van der Waals surface area contributed by atoms with Gasteiger partial charge in [0.05, 0.1) is 0 Å². The summed E-state index contributed by atoms with van der Waals surface area (Å²) in [5, 5.41) is 0.203. The van der Waals surface area contributed by atoms with Crippen molar-refractivity contribution >= 4 is 22.8 Å². The average Bonchev–Trinajstić information content (AvgIpc) is 2.61. The molecule has 0 fully saturated rings. The topological polar surface area (TPSA) is 43.4 Å². The fourth-order valence-electron chi connectivity index (χ4n) is 2.21. The number of carbonyl (C=O) groups excluding carboxylic acids is 2. The summed E-state index contributed by atoms with van der Waals surface area (Å²) < 4.78 is 4.95. The second-order valence-electron chi connectivity index (χ2n) is 5.54. The van der Waals surface area contributed by atoms with Gasteiger partial charge in [-0.2, -0.15) is 0 Å². The van der Waals surface area contributed by atoms with Crippen LogP contribution in [0.1, 0.15) is 47.0 Å². The van der Waals surface area contributed by atoms with Crippen LogP contribution in [-0.2, 0) is 14.3 Å². The molecular formula is C15H24O3S. The van der Waals surface area contributed by atoms with E-state index in [1.807, 2.05) is 0 Å². The summed E-state index contributed by atoms with van der Waals surface area (Å²) in [7, 11) is 0. The first-order valence-electron chi connectivity index (χ1n) is 6.86. The van der Waals surface area contributed by atoms with Gasteiger partial charge in [0.25, 0.3) is 0 Å². The standard InChI is InChI=1S/C15H24O3S/c1-5-13(16)18-8-9-19-14(17)10-12-7-6-11(2)15(12,3)4/h6,12H,5,7-10H2,1-4H3/t12-/m0/s1. The van der Waals surface area contributed by atoms with Crippen molar-refractivity contribution in [2.45, 2.75) is 47.0 Å². The quantitative estimate of drug-likeness (QED) is 0.425. The first-order chi connectivity index (χ1) is 8.87. The van der Waals surface area contributed by atoms with Crippen LogP contribution in [0.3, 0.4) is 0 Å². The fraction of sp³-hybridized carbons (Fsp3) is 0.733. The molecule has 108 valence electrons. The molecule has 0 radical (unpaired) electrons. The number of thioether (sulfide) groups is 1. The van der Waals surface area contributed by atoms with E-state index in [1.54, 1.807) is 6.92 Å². The largest absolute Gasteiger partial charge is 0.465 e. The smallest absolute Gasteiger partial charge is 0.305 e. The van der Waals surface area contributed by atoms with Gasteiger partial charge in [0, 0.05) is 18.6 Å². The minimum absolute atomic E-state index is 0.130. The molecular weight excluding hydrogens is 260 g/mol. The van der Waals surface area contributed by atoms with Gasteiger partial charge in [-0.15, -0.1) is 0 Å². The highest BCUT2D eigenvalue weighted by atomic mass is 32.2. The van der Waals surface area contributed by atoms with Crippen molar-refractivity contribution in [2.24, 2.45) is 11.3 Å². The Kier molecular flexibility index (Phi) is 6.11. The zero-order valence-electron chi connectivity index (χ0n) is 12.3. The predicted molar refractivity (Wildman–Crippen MR) is 79.0 cm³/mol. The van der Waals surface area contributed by atoms with Crippen LogP contribution in [0.25, 0.3) is 0 Å². The molecule has 0 spiro atoms. The van der Waals surface area contributed by atoms with E-state index in [9.17, 15) is 9.59 Å². The van der Waals surface area contributed by atoms with Crippen molar-refractivity contribution in [2.75, 3.05) is 12.4 Å². The van der Waals surface area contributed by atoms with Crippen LogP contribution in [0.2, 0.25) is 0 Å². The monoisotopic (exact) mass is 284 g/mol. The third kappa shape index (κ3) is 4.68. The van der Waals surface area contributed by atoms with Gasteiger partial charge in [-0.1, -0.05) is 44.2 Å². The van der Waals surface area contributed by atoms with Gasteiger partial charge < -0.3 is 4.74 Å². The van der Waals surface area contributed by atoms with E-state index >= 15 is 0 Å². The zero-order chi connectivity index (χ0) is 14.5. The van der Waals surface area contributed by atoms with Crippen molar-refractivity contribution in [3.8, 4) is 0 Å². The highest BCUT2D eigenvalue weighted by molar-refractivity contribution is 8.13. The van der Waals surface area contributed by atoms with Gasteiger partial charge in [0.2, 0.25) is 0 Å². The summed E-state index contributed by atoms with van der Waals surface area (Å²) in [5.41, 5.74) is 1.51. The molecule has 1 aliphatic carbocycles. The normalized spacial score (nSPS) is 21.1. The van der Waals surface area contributed by atoms with E-state index in [-0.39, 0.29) is 16.5 Å². The van der Waals surface area contributed by atoms with E-state index in [0.717, 1.165) is 6.42 Å². The molecule has 0 saturated carbocycles. The molecule has 0 unspecified atom stereocenters. The lowest BCUT2D eigenvalue weighted by Gasteiger charge is -2.29. The van der Waals surface area contributed by atoms with E-state index in [1.165, 1.54) is 17.3 Å². The molecule has 0 saturated heterocycles. The minimum Gasteiger partial charge on any atom is -0.465 e. The Morgan fingerprint density at radius 2 is 2.16 bits per heavy atom. The van der Waals surface area contributed by atoms with E-state index in [2.05, 4.69) is 26.8 Å². The van der Waals surface area contributed by atoms with Crippen molar-refractivity contribution < 1.29 is 14.3 Å². The van der Waals surface area contributed by atoms with Gasteiger partial charge in [-0.3, -0.25) is 9.59 Å². The molecule has 19 heavy (non-hydrogen) atoms. The summed E-state index contributed by atoms with van der Waals surface area (Å²) in [6.07, 6.45) is 4.23. The Hall–Kier alpha value is -0.770. The van der Waals surface area contributed by atoms with Gasteiger partial charge in [0.1, 0.15) is 6.61 Å². The molecule has 0 amide bonds. The summed E-state index contributed by atoms with van der Waals surface area (Å²) in [5.74, 6) is 0.764. The van der Waals surface area contributed by atoms with Crippen LogP contribution in [0.5, 0.6) is 0 Å². The van der Waals surface area contributed by atoms with Gasteiger partial charge >= 0.3 is 5.97 Å². The number of hydrogen-bond donors (Lipinski definition) is 0. The summed E-state index contributed by atoms with van der Waals surface area (Å²) >= 11 is 1.28. The molecule has 0 aromatic heterocycles. The maximum absolute atomic E-state index is 11.9. The number of hydrogen-bond acceptors (Lipinski definition) is 4. The summed E-state index contributed by atoms with van der Waals surface area (Å²) in [4.78, 5) is 22.8. The minimum atomic E-state index is -0.204. The second kappa shape index (κ2) is 7.13. The molecule has 1 aliphatic rings. The average molecular weight is 284 g/mol. The maximum atomic E-state index is 11.9. The van der Waals surface area contributed by atoms with Crippen molar-refractivity contribution in [1.82, 2.24) is 0 Å². The van der Waals surface area contributed by atoms with E-state index in [0.29, 0.717) is 31.1 Å². The van der Waals surface area contributed by atoms with E-state index in [4.69, 9.17) is 4.74 Å². The molecule has 3 nitrogen and oxygen atoms in total. The fourth-order valence-corrected chi connectivity index (χ4v) is 2.92. The molecule has 0 aliphatic heterocycles. The van der Waals surface area contributed by atoms with Gasteiger partial charge in [-0.25, -0.2) is 0 Å². The molecule has 0 bridgehead atoms. The van der Waals surface area contributed by atoms with Crippen LogP contribution in [-0.4, -0.2) is 23.4 Å². The third-order valence-electron chi connectivity index (χ3n) is 4.06. The van der Waals surface area contributed by atoms with Crippen molar-refractivity contribution in [3.05, 3.63) is 11.6 Å². The number of carbonyl (C=O) groups is 2. The predicted octanol–water partition coefficient (Wildman–Crippen LogP) is 3.58. The van der Waals surface area contributed by atoms with Crippen molar-refractivity contribution in [1.29, 1.82) is 0 Å². The SMILES string of the molecule is CCC(=O)OCCSC(=O)C[C@@H]1CC=C(C)C1(C)C. The summed E-state index contributed by atoms with van der Waals surface area (Å²) in [6.45, 7) is 8.64. The lowest BCUT2D eigenvalue weighted by Crippen LogP contribution is -2.22. The first-order valence-corrected chi connectivity index (χ1v) is 7.85. The molecule has 0 heterocycles. The Morgan fingerprint density at radius 3 is 2.68 bits per heavy atom. The Morgan fingerprint density at radius 1 is 1.47 bits per heavy atom. The lowest BCUT2D eigenvalue weighted by atomic mass is 9.76. The molecule has 0 N–H and O–H groups in total. The summed E-state index contributed by atoms with van der Waals surface area (Å²) in [6, 6.07) is 0. The highest BCUT2D eigenvalue weighted by Gasteiger charge is 2.35. The Labute approximate surface area is 120 Å². The van der Waals surface area contributed by atoms with Crippen LogP contribution in [0.4, 0.5) is 0 Å². The van der Waals surface area contributed by atoms with Crippen molar-refractivity contribution in [3.63, 3.8) is 0 Å². The molecule has 1 rings (SSSR count). The zero-order valence-corrected chi connectivity index (χ0v) is 13.1. The van der Waals surface area contributed by atoms with E-state index < -0.39 is 0 Å². The third-order valence-corrected chi connectivity index (χ3v) is 4.92. The molecule has 0 aromatic rings. The molecule has 4 heteroatoms. The number of allylic oxidation sites excluding steroid dienone is 2. The van der Waals surface area contributed by atoms with Crippen LogP contribution < -0.4 is 0 Å². The lowest BCUT2D eigenvalue weighted by molar-refractivity contribution is -0.142. The van der Waals surface area contributed by atoms with Crippen LogP contribution >= 0.6 is 11.8 Å². The highest BCUT2D eigenvalue weighted by Crippen LogP contribution is 2.45. The number of ether oxygens (including phenoxy) is 1. The van der Waals surface area contributed by atoms with Crippen LogP contribution in [0.15, 0.2) is 11.6 Å². The van der Waals surface area contributed by atoms with Gasteiger partial charge in [-0.05, 0) is 24.7 Å². The Balaban J connectivity index is 2.24. The van der Waals surface area contributed by atoms with Gasteiger partial charge in [0.15, 0.2) is 5.12 Å².